The number of benzene rings is 3. The van der Waals surface area contributed by atoms with Crippen LogP contribution >= 0.6 is 0 Å². The molecule has 4 rings (SSSR count). The second-order valence-electron chi connectivity index (χ2n) is 9.99. The summed E-state index contributed by atoms with van der Waals surface area (Å²) in [6.45, 7) is 11.4. The van der Waals surface area contributed by atoms with Gasteiger partial charge in [0.2, 0.25) is 5.76 Å². The maximum Gasteiger partial charge on any atom is 0.202 e. The van der Waals surface area contributed by atoms with Gasteiger partial charge in [-0.05, 0) is 77.1 Å². The van der Waals surface area contributed by atoms with Crippen LogP contribution in [-0.2, 0) is 9.53 Å². The number of Topliss-reactive ketones (excluding diaryl/α,β-unsaturated/α-hetero) is 1. The van der Waals surface area contributed by atoms with Gasteiger partial charge in [0, 0.05) is 27.1 Å². The van der Waals surface area contributed by atoms with Crippen LogP contribution in [0.1, 0.15) is 64.0 Å². The highest BCUT2D eigenvalue weighted by atomic mass is 16.5. The Morgan fingerprint density at radius 3 is 1.93 bits per heavy atom. The number of ketones is 1. The largest absolute Gasteiger partial charge is 0.483 e. The zero-order valence-corrected chi connectivity index (χ0v) is 25.3. The van der Waals surface area contributed by atoms with Crippen LogP contribution in [0, 0.1) is 13.8 Å². The molecule has 0 atom stereocenters. The van der Waals surface area contributed by atoms with Gasteiger partial charge < -0.3 is 19.7 Å². The molecule has 1 fully saturated rings. The number of carbonyl (C=O) groups is 1. The Balaban J connectivity index is 0.000000231. The number of carbonyl (C=O) groups excluding carboxylic acids is 1. The third-order valence-corrected chi connectivity index (χ3v) is 6.58. The molecule has 0 aromatic heterocycles. The van der Waals surface area contributed by atoms with Crippen molar-refractivity contribution in [2.75, 3.05) is 20.1 Å². The number of hydrogen-bond donors (Lipinski definition) is 1. The smallest absolute Gasteiger partial charge is 0.202 e. The highest BCUT2D eigenvalue weighted by molar-refractivity contribution is 5.91. The van der Waals surface area contributed by atoms with Crippen LogP contribution in [-0.4, -0.2) is 36.9 Å². The van der Waals surface area contributed by atoms with E-state index >= 15 is 0 Å². The molecule has 0 bridgehead atoms. The predicted molar refractivity (Wildman–Crippen MR) is 167 cm³/mol. The molecule has 0 heterocycles. The maximum absolute atomic E-state index is 11.9. The number of nitrogens with one attached hydrogen (secondary N) is 1. The molecular formula is C35H48N2O3. The monoisotopic (exact) mass is 544 g/mol. The number of nitrogens with zero attached hydrogens (tertiary/aromatic N) is 1. The van der Waals surface area contributed by atoms with E-state index in [9.17, 15) is 4.79 Å². The van der Waals surface area contributed by atoms with Crippen LogP contribution in [0.3, 0.4) is 0 Å². The molecule has 1 saturated carbocycles. The van der Waals surface area contributed by atoms with Crippen molar-refractivity contribution in [2.45, 2.75) is 72.8 Å². The van der Waals surface area contributed by atoms with E-state index < -0.39 is 0 Å². The SMILES string of the molecule is CCN/C(=C(\OC1CCCCC1)C(C)=O)N(C)CC.Cc1ccccc1.Cc1ccccc1Oc1ccccc1. The summed E-state index contributed by atoms with van der Waals surface area (Å²) in [5.74, 6) is 3.11. The normalized spacial score (nSPS) is 13.3. The number of para-hydroxylation sites is 2. The minimum Gasteiger partial charge on any atom is -0.483 e. The molecule has 3 aromatic carbocycles. The third kappa shape index (κ3) is 12.0. The summed E-state index contributed by atoms with van der Waals surface area (Å²) >= 11 is 0. The second-order valence-corrected chi connectivity index (χ2v) is 9.99. The standard InChI is InChI=1S/C15H28N2O2.C13H12O.C7H8/c1-5-16-15(17(4)6-2)14(12(3)18)19-13-10-8-7-9-11-13;1-11-7-5-6-10-13(11)14-12-8-3-2-4-9-12;1-7-5-3-2-4-6-7/h13,16H,5-11H2,1-4H3;2-10H,1H3;2-6H,1H3/b15-14+;;. The molecule has 0 spiro atoms. The summed E-state index contributed by atoms with van der Waals surface area (Å²) in [7, 11) is 1.98. The van der Waals surface area contributed by atoms with Crippen molar-refractivity contribution in [3.8, 4) is 11.5 Å². The van der Waals surface area contributed by atoms with Crippen LogP contribution in [0.5, 0.6) is 11.5 Å². The minimum atomic E-state index is 0.00169. The van der Waals surface area contributed by atoms with Crippen molar-refractivity contribution in [3.63, 3.8) is 0 Å². The Kier molecular flexibility index (Phi) is 15.1. The summed E-state index contributed by atoms with van der Waals surface area (Å²) in [6, 6.07) is 28.1. The van der Waals surface area contributed by atoms with Crippen LogP contribution in [0.15, 0.2) is 96.5 Å². The van der Waals surface area contributed by atoms with E-state index in [-0.39, 0.29) is 11.9 Å². The summed E-state index contributed by atoms with van der Waals surface area (Å²) in [6.07, 6.45) is 6.02. The molecule has 1 aliphatic carbocycles. The third-order valence-electron chi connectivity index (χ3n) is 6.58. The summed E-state index contributed by atoms with van der Waals surface area (Å²) in [5.41, 5.74) is 2.47. The van der Waals surface area contributed by atoms with Crippen LogP contribution < -0.4 is 10.1 Å². The van der Waals surface area contributed by atoms with E-state index in [1.54, 1.807) is 6.92 Å². The molecule has 1 N–H and O–H groups in total. The Morgan fingerprint density at radius 1 is 0.850 bits per heavy atom. The first-order valence-corrected chi connectivity index (χ1v) is 14.5. The fourth-order valence-corrected chi connectivity index (χ4v) is 4.19. The highest BCUT2D eigenvalue weighted by Gasteiger charge is 2.22. The van der Waals surface area contributed by atoms with E-state index in [1.807, 2.05) is 98.6 Å². The first kappa shape index (κ1) is 32.5. The summed E-state index contributed by atoms with van der Waals surface area (Å²) < 4.78 is 11.7. The summed E-state index contributed by atoms with van der Waals surface area (Å²) in [5, 5.41) is 3.26. The summed E-state index contributed by atoms with van der Waals surface area (Å²) in [4.78, 5) is 13.9. The lowest BCUT2D eigenvalue weighted by molar-refractivity contribution is -0.118. The van der Waals surface area contributed by atoms with Crippen molar-refractivity contribution in [2.24, 2.45) is 0 Å². The van der Waals surface area contributed by atoms with Gasteiger partial charge in [-0.2, -0.15) is 0 Å². The van der Waals surface area contributed by atoms with Crippen LogP contribution in [0.25, 0.3) is 0 Å². The number of allylic oxidation sites excluding steroid dienone is 1. The van der Waals surface area contributed by atoms with Gasteiger partial charge in [0.25, 0.3) is 0 Å². The molecule has 0 aliphatic heterocycles. The number of hydrogen-bond acceptors (Lipinski definition) is 5. The zero-order chi connectivity index (χ0) is 29.2. The van der Waals surface area contributed by atoms with Crippen LogP contribution in [0.2, 0.25) is 0 Å². The molecule has 40 heavy (non-hydrogen) atoms. The topological polar surface area (TPSA) is 50.8 Å². The van der Waals surface area contributed by atoms with Crippen molar-refractivity contribution >= 4 is 5.78 Å². The molecule has 0 radical (unpaired) electrons. The minimum absolute atomic E-state index is 0.00169. The number of aryl methyl sites for hydroxylation is 2. The van der Waals surface area contributed by atoms with E-state index in [0.29, 0.717) is 5.76 Å². The average molecular weight is 545 g/mol. The Hall–Kier alpha value is -3.73. The zero-order valence-electron chi connectivity index (χ0n) is 25.3. The van der Waals surface area contributed by atoms with Gasteiger partial charge in [-0.3, -0.25) is 4.79 Å². The lowest BCUT2D eigenvalue weighted by Gasteiger charge is -2.28. The Labute approximate surface area is 242 Å². The molecule has 0 saturated heterocycles. The van der Waals surface area contributed by atoms with Gasteiger partial charge in [0.1, 0.15) is 17.3 Å². The van der Waals surface area contributed by atoms with Gasteiger partial charge in [-0.25, -0.2) is 0 Å². The van der Waals surface area contributed by atoms with E-state index in [0.717, 1.165) is 48.8 Å². The van der Waals surface area contributed by atoms with Gasteiger partial charge in [-0.15, -0.1) is 0 Å². The van der Waals surface area contributed by atoms with Crippen molar-refractivity contribution in [1.29, 1.82) is 0 Å². The lowest BCUT2D eigenvalue weighted by Crippen LogP contribution is -2.33. The van der Waals surface area contributed by atoms with Gasteiger partial charge in [0.05, 0.1) is 6.10 Å². The molecule has 0 amide bonds. The average Bonchev–Trinajstić information content (AvgIpc) is 2.98. The van der Waals surface area contributed by atoms with Gasteiger partial charge >= 0.3 is 0 Å². The molecule has 5 nitrogen and oxygen atoms in total. The highest BCUT2D eigenvalue weighted by Crippen LogP contribution is 2.25. The Morgan fingerprint density at radius 2 is 1.43 bits per heavy atom. The molecule has 216 valence electrons. The van der Waals surface area contributed by atoms with E-state index in [2.05, 4.69) is 31.3 Å². The first-order chi connectivity index (χ1) is 19.3. The predicted octanol–water partition coefficient (Wildman–Crippen LogP) is 8.44. The first-order valence-electron chi connectivity index (χ1n) is 14.5. The molecule has 3 aromatic rings. The van der Waals surface area contributed by atoms with Crippen molar-refractivity contribution in [1.82, 2.24) is 10.2 Å². The van der Waals surface area contributed by atoms with E-state index in [4.69, 9.17) is 9.47 Å². The molecule has 1 aliphatic rings. The number of rotatable bonds is 9. The second kappa shape index (κ2) is 18.5. The Bertz CT molecular complexity index is 1140. The fraction of sp³-hybridized carbons (Fsp3) is 0.400. The fourth-order valence-electron chi connectivity index (χ4n) is 4.19. The quantitative estimate of drug-likeness (QED) is 0.216. The van der Waals surface area contributed by atoms with Crippen molar-refractivity contribution in [3.05, 3.63) is 108 Å². The molecule has 5 heteroatoms. The van der Waals surface area contributed by atoms with E-state index in [1.165, 1.54) is 24.8 Å². The lowest BCUT2D eigenvalue weighted by atomic mass is 9.98. The molecule has 0 unspecified atom stereocenters. The molecular weight excluding hydrogens is 496 g/mol. The number of ether oxygens (including phenoxy) is 2. The van der Waals surface area contributed by atoms with Crippen LogP contribution in [0.4, 0.5) is 0 Å². The van der Waals surface area contributed by atoms with Gasteiger partial charge in [0.15, 0.2) is 5.78 Å². The van der Waals surface area contributed by atoms with Gasteiger partial charge in [-0.1, -0.05) is 78.7 Å². The maximum atomic E-state index is 11.9. The van der Waals surface area contributed by atoms with Crippen molar-refractivity contribution < 1.29 is 14.3 Å².